The maximum atomic E-state index is 6.26. The standard InChI is InChI=1S/C13H17Cl.2C2H6/c1-5-9-11(7-3)13(14)12(8-4)10-6-2;2*1-2/h5-10,13H,1,3H2,2,4H3;2*1-2H3/b10-6-,11-9+,12-8+;;. The van der Waals surface area contributed by atoms with E-state index in [9.17, 15) is 0 Å². The van der Waals surface area contributed by atoms with Gasteiger partial charge < -0.3 is 0 Å². The zero-order valence-electron chi connectivity index (χ0n) is 12.8. The summed E-state index contributed by atoms with van der Waals surface area (Å²) in [4.78, 5) is 0. The van der Waals surface area contributed by atoms with Crippen molar-refractivity contribution in [3.8, 4) is 0 Å². The zero-order chi connectivity index (χ0) is 15.0. The minimum Gasteiger partial charge on any atom is -0.113 e. The first-order valence-electron chi connectivity index (χ1n) is 6.59. The summed E-state index contributed by atoms with van der Waals surface area (Å²) >= 11 is 6.26. The van der Waals surface area contributed by atoms with E-state index in [1.165, 1.54) is 0 Å². The van der Waals surface area contributed by atoms with E-state index in [0.717, 1.165) is 11.1 Å². The van der Waals surface area contributed by atoms with Crippen molar-refractivity contribution >= 4 is 11.6 Å². The summed E-state index contributed by atoms with van der Waals surface area (Å²) in [6.07, 6.45) is 11.3. The molecule has 0 nitrogen and oxygen atoms in total. The summed E-state index contributed by atoms with van der Waals surface area (Å²) < 4.78 is 0. The van der Waals surface area contributed by atoms with Gasteiger partial charge in [0.15, 0.2) is 0 Å². The van der Waals surface area contributed by atoms with Gasteiger partial charge in [0.1, 0.15) is 0 Å². The van der Waals surface area contributed by atoms with Crippen molar-refractivity contribution < 1.29 is 0 Å². The van der Waals surface area contributed by atoms with Gasteiger partial charge in [-0.05, 0) is 25.0 Å². The Bertz CT molecular complexity index is 280. The van der Waals surface area contributed by atoms with Gasteiger partial charge in [0, 0.05) is 0 Å². The Kier molecular flexibility index (Phi) is 22.6. The molecule has 1 atom stereocenters. The van der Waals surface area contributed by atoms with Crippen LogP contribution in [0.1, 0.15) is 41.5 Å². The van der Waals surface area contributed by atoms with Gasteiger partial charge in [0.05, 0.1) is 5.38 Å². The van der Waals surface area contributed by atoms with Crippen molar-refractivity contribution in [2.75, 3.05) is 0 Å². The van der Waals surface area contributed by atoms with Crippen molar-refractivity contribution in [1.82, 2.24) is 0 Å². The Morgan fingerprint density at radius 3 is 1.78 bits per heavy atom. The summed E-state index contributed by atoms with van der Waals surface area (Å²) in [5.74, 6) is 0. The highest BCUT2D eigenvalue weighted by Gasteiger charge is 2.10. The molecule has 0 N–H and O–H groups in total. The quantitative estimate of drug-likeness (QED) is 0.396. The summed E-state index contributed by atoms with van der Waals surface area (Å²) in [6.45, 7) is 19.3. The van der Waals surface area contributed by atoms with E-state index < -0.39 is 0 Å². The highest BCUT2D eigenvalue weighted by atomic mass is 35.5. The molecule has 0 rings (SSSR count). The van der Waals surface area contributed by atoms with Crippen molar-refractivity contribution in [1.29, 1.82) is 0 Å². The van der Waals surface area contributed by atoms with Gasteiger partial charge in [0.2, 0.25) is 0 Å². The minimum atomic E-state index is -0.147. The third-order valence-electron chi connectivity index (χ3n) is 1.82. The van der Waals surface area contributed by atoms with Gasteiger partial charge in [0.25, 0.3) is 0 Å². The van der Waals surface area contributed by atoms with E-state index in [1.807, 2.05) is 65.8 Å². The number of rotatable bonds is 5. The molecule has 0 amide bonds. The van der Waals surface area contributed by atoms with Gasteiger partial charge >= 0.3 is 0 Å². The number of hydrogen-bond donors (Lipinski definition) is 0. The molecule has 0 aliphatic heterocycles. The number of alkyl halides is 1. The van der Waals surface area contributed by atoms with Crippen LogP contribution in [0.25, 0.3) is 0 Å². The highest BCUT2D eigenvalue weighted by molar-refractivity contribution is 6.24. The van der Waals surface area contributed by atoms with Crippen molar-refractivity contribution in [3.63, 3.8) is 0 Å². The molecule has 0 bridgehead atoms. The maximum Gasteiger partial charge on any atom is 0.0831 e. The Morgan fingerprint density at radius 2 is 1.50 bits per heavy atom. The molecule has 104 valence electrons. The second-order valence-corrected chi connectivity index (χ2v) is 3.19. The SMILES string of the molecule is C=C/C=C(\C=C)C(Cl)C(/C=C\C)=C/C.CC.CC. The van der Waals surface area contributed by atoms with Crippen LogP contribution < -0.4 is 0 Å². The fraction of sp³-hybridized carbons (Fsp3) is 0.412. The molecule has 18 heavy (non-hydrogen) atoms. The topological polar surface area (TPSA) is 0 Å². The van der Waals surface area contributed by atoms with Crippen LogP contribution in [-0.4, -0.2) is 5.38 Å². The first kappa shape index (κ1) is 22.2. The number of hydrogen-bond acceptors (Lipinski definition) is 0. The first-order chi connectivity index (χ1) is 8.71. The highest BCUT2D eigenvalue weighted by Crippen LogP contribution is 2.21. The molecule has 0 aromatic heterocycles. The predicted molar refractivity (Wildman–Crippen MR) is 89.4 cm³/mol. The second kappa shape index (κ2) is 18.4. The first-order valence-corrected chi connectivity index (χ1v) is 7.02. The average molecular weight is 269 g/mol. The molecule has 0 saturated heterocycles. The zero-order valence-corrected chi connectivity index (χ0v) is 13.6. The predicted octanol–water partition coefficient (Wildman–Crippen LogP) is 6.47. The molecule has 0 saturated carbocycles. The van der Waals surface area contributed by atoms with Crippen LogP contribution in [0.15, 0.2) is 60.8 Å². The Hall–Kier alpha value is -1.01. The van der Waals surface area contributed by atoms with E-state index in [2.05, 4.69) is 13.2 Å². The fourth-order valence-electron chi connectivity index (χ4n) is 1.10. The van der Waals surface area contributed by atoms with E-state index in [1.54, 1.807) is 12.2 Å². The van der Waals surface area contributed by atoms with Crippen LogP contribution >= 0.6 is 11.6 Å². The molecule has 1 heteroatoms. The molecule has 0 spiro atoms. The van der Waals surface area contributed by atoms with Gasteiger partial charge in [-0.15, -0.1) is 11.6 Å². The van der Waals surface area contributed by atoms with E-state index in [0.29, 0.717) is 0 Å². The molecule has 0 radical (unpaired) electrons. The van der Waals surface area contributed by atoms with Crippen LogP contribution in [0, 0.1) is 0 Å². The summed E-state index contributed by atoms with van der Waals surface area (Å²) in [7, 11) is 0. The Labute approximate surface area is 119 Å². The lowest BCUT2D eigenvalue weighted by Crippen LogP contribution is -2.03. The molecule has 0 aromatic carbocycles. The molecule has 0 aromatic rings. The molecule has 1 unspecified atom stereocenters. The molecule has 0 heterocycles. The molecular formula is C17H29Cl. The van der Waals surface area contributed by atoms with Crippen LogP contribution in [0.2, 0.25) is 0 Å². The number of halogens is 1. The van der Waals surface area contributed by atoms with Gasteiger partial charge in [-0.1, -0.05) is 77.3 Å². The Morgan fingerprint density at radius 1 is 1.00 bits per heavy atom. The third-order valence-corrected chi connectivity index (χ3v) is 2.33. The summed E-state index contributed by atoms with van der Waals surface area (Å²) in [5.41, 5.74) is 2.04. The van der Waals surface area contributed by atoms with Crippen LogP contribution in [0.4, 0.5) is 0 Å². The van der Waals surface area contributed by atoms with Gasteiger partial charge in [-0.25, -0.2) is 0 Å². The summed E-state index contributed by atoms with van der Waals surface area (Å²) in [5, 5.41) is -0.147. The molecular weight excluding hydrogens is 240 g/mol. The third kappa shape index (κ3) is 10.2. The largest absolute Gasteiger partial charge is 0.113 e. The molecule has 0 aliphatic rings. The smallest absolute Gasteiger partial charge is 0.0831 e. The second-order valence-electron chi connectivity index (χ2n) is 2.76. The monoisotopic (exact) mass is 268 g/mol. The van der Waals surface area contributed by atoms with Crippen molar-refractivity contribution in [3.05, 3.63) is 60.8 Å². The van der Waals surface area contributed by atoms with Crippen molar-refractivity contribution in [2.45, 2.75) is 46.9 Å². The minimum absolute atomic E-state index is 0.147. The van der Waals surface area contributed by atoms with Crippen molar-refractivity contribution in [2.24, 2.45) is 0 Å². The van der Waals surface area contributed by atoms with Crippen LogP contribution in [0.5, 0.6) is 0 Å². The lowest BCUT2D eigenvalue weighted by atomic mass is 10.0. The normalized spacial score (nSPS) is 12.8. The Balaban J connectivity index is -0.000000506. The van der Waals surface area contributed by atoms with E-state index in [-0.39, 0.29) is 5.38 Å². The van der Waals surface area contributed by atoms with Crippen LogP contribution in [0.3, 0.4) is 0 Å². The fourth-order valence-corrected chi connectivity index (χ4v) is 1.46. The molecule has 0 fully saturated rings. The summed E-state index contributed by atoms with van der Waals surface area (Å²) in [6, 6.07) is 0. The van der Waals surface area contributed by atoms with Gasteiger partial charge in [-0.2, -0.15) is 0 Å². The average Bonchev–Trinajstić information content (AvgIpc) is 2.45. The lowest BCUT2D eigenvalue weighted by Gasteiger charge is -2.11. The lowest BCUT2D eigenvalue weighted by molar-refractivity contribution is 1.20. The molecule has 0 aliphatic carbocycles. The van der Waals surface area contributed by atoms with Crippen LogP contribution in [-0.2, 0) is 0 Å². The number of allylic oxidation sites excluding steroid dienone is 8. The van der Waals surface area contributed by atoms with E-state index >= 15 is 0 Å². The van der Waals surface area contributed by atoms with Gasteiger partial charge in [-0.3, -0.25) is 0 Å². The maximum absolute atomic E-state index is 6.26. The van der Waals surface area contributed by atoms with E-state index in [4.69, 9.17) is 11.6 Å².